The average molecular weight is 270 g/mol. The lowest BCUT2D eigenvalue weighted by molar-refractivity contribution is 0.474. The lowest BCUT2D eigenvalue weighted by Crippen LogP contribution is -2.11. The van der Waals surface area contributed by atoms with Crippen molar-refractivity contribution in [2.45, 2.75) is 4.90 Å². The highest BCUT2D eigenvalue weighted by Crippen LogP contribution is 2.21. The molecular formula is C12H8F2O3S. The van der Waals surface area contributed by atoms with Crippen molar-refractivity contribution in [1.82, 2.24) is 0 Å². The second-order valence-corrected chi connectivity index (χ2v) is 4.94. The van der Waals surface area contributed by atoms with Gasteiger partial charge in [0.15, 0.2) is 0 Å². The third-order valence-corrected chi connectivity index (χ3v) is 3.39. The Hall–Kier alpha value is -1.95. The number of hydrogen-bond acceptors (Lipinski definition) is 3. The molecule has 0 heterocycles. The summed E-state index contributed by atoms with van der Waals surface area (Å²) in [5.41, 5.74) is 0. The molecule has 0 unspecified atom stereocenters. The normalized spacial score (nSPS) is 11.2. The summed E-state index contributed by atoms with van der Waals surface area (Å²) >= 11 is 0. The Kier molecular flexibility index (Phi) is 3.29. The van der Waals surface area contributed by atoms with Gasteiger partial charge in [-0.25, -0.2) is 8.78 Å². The highest BCUT2D eigenvalue weighted by molar-refractivity contribution is 7.87. The van der Waals surface area contributed by atoms with E-state index in [1.54, 1.807) is 0 Å². The molecule has 0 N–H and O–H groups in total. The van der Waals surface area contributed by atoms with Gasteiger partial charge in [0, 0.05) is 6.07 Å². The molecule has 0 atom stereocenters. The van der Waals surface area contributed by atoms with Gasteiger partial charge in [0.2, 0.25) is 0 Å². The zero-order valence-corrected chi connectivity index (χ0v) is 9.82. The van der Waals surface area contributed by atoms with Gasteiger partial charge in [0.25, 0.3) is 0 Å². The van der Waals surface area contributed by atoms with Crippen LogP contribution in [0.2, 0.25) is 0 Å². The molecule has 0 amide bonds. The summed E-state index contributed by atoms with van der Waals surface area (Å²) in [7, 11) is -4.30. The largest absolute Gasteiger partial charge is 0.379 e. The van der Waals surface area contributed by atoms with Crippen LogP contribution in [0.25, 0.3) is 0 Å². The second-order valence-electron chi connectivity index (χ2n) is 3.43. The van der Waals surface area contributed by atoms with Crippen molar-refractivity contribution in [3.05, 3.63) is 60.2 Å². The Labute approximate surface area is 103 Å². The summed E-state index contributed by atoms with van der Waals surface area (Å²) in [5.74, 6) is -1.77. The fourth-order valence-corrected chi connectivity index (χ4v) is 2.34. The SMILES string of the molecule is O=S(=O)(Oc1cccc(F)c1)c1ccccc1F. The zero-order valence-electron chi connectivity index (χ0n) is 9.01. The van der Waals surface area contributed by atoms with E-state index >= 15 is 0 Å². The lowest BCUT2D eigenvalue weighted by Gasteiger charge is -2.07. The molecule has 0 spiro atoms. The molecule has 0 radical (unpaired) electrons. The first kappa shape index (κ1) is 12.5. The van der Waals surface area contributed by atoms with E-state index in [2.05, 4.69) is 4.18 Å². The van der Waals surface area contributed by atoms with E-state index in [-0.39, 0.29) is 5.75 Å². The zero-order chi connectivity index (χ0) is 13.2. The molecule has 0 aliphatic heterocycles. The van der Waals surface area contributed by atoms with Gasteiger partial charge >= 0.3 is 10.1 Å². The van der Waals surface area contributed by atoms with Crippen molar-refractivity contribution >= 4 is 10.1 Å². The molecule has 0 aliphatic carbocycles. The molecule has 0 fully saturated rings. The van der Waals surface area contributed by atoms with Crippen LogP contribution in [0.3, 0.4) is 0 Å². The summed E-state index contributed by atoms with van der Waals surface area (Å²) < 4.78 is 54.3. The maximum Gasteiger partial charge on any atom is 0.342 e. The van der Waals surface area contributed by atoms with E-state index < -0.39 is 26.6 Å². The monoisotopic (exact) mass is 270 g/mol. The summed E-state index contributed by atoms with van der Waals surface area (Å²) in [6, 6.07) is 9.40. The van der Waals surface area contributed by atoms with Gasteiger partial charge in [-0.1, -0.05) is 18.2 Å². The first-order chi connectivity index (χ1) is 8.49. The van der Waals surface area contributed by atoms with Gasteiger partial charge in [0.05, 0.1) is 0 Å². The smallest absolute Gasteiger partial charge is 0.342 e. The van der Waals surface area contributed by atoms with Crippen LogP contribution in [0.4, 0.5) is 8.78 Å². The van der Waals surface area contributed by atoms with Crippen LogP contribution in [0.1, 0.15) is 0 Å². The Morgan fingerprint density at radius 1 is 0.944 bits per heavy atom. The lowest BCUT2D eigenvalue weighted by atomic mass is 10.3. The predicted octanol–water partition coefficient (Wildman–Crippen LogP) is 2.73. The minimum absolute atomic E-state index is 0.210. The fourth-order valence-electron chi connectivity index (χ4n) is 1.34. The molecule has 0 saturated heterocycles. The third kappa shape index (κ3) is 2.65. The average Bonchev–Trinajstić information content (AvgIpc) is 2.28. The molecule has 94 valence electrons. The first-order valence-corrected chi connectivity index (χ1v) is 6.34. The molecule has 18 heavy (non-hydrogen) atoms. The highest BCUT2D eigenvalue weighted by Gasteiger charge is 2.20. The van der Waals surface area contributed by atoms with Crippen molar-refractivity contribution in [2.24, 2.45) is 0 Å². The summed E-state index contributed by atoms with van der Waals surface area (Å²) in [6.07, 6.45) is 0. The minimum atomic E-state index is -4.30. The molecule has 2 rings (SSSR count). The quantitative estimate of drug-likeness (QED) is 0.805. The maximum atomic E-state index is 13.3. The Balaban J connectivity index is 2.37. The van der Waals surface area contributed by atoms with Crippen LogP contribution in [0, 0.1) is 11.6 Å². The topological polar surface area (TPSA) is 43.4 Å². The number of hydrogen-bond donors (Lipinski definition) is 0. The van der Waals surface area contributed by atoms with E-state index in [0.717, 1.165) is 24.3 Å². The van der Waals surface area contributed by atoms with Gasteiger partial charge in [0.1, 0.15) is 22.3 Å². The van der Waals surface area contributed by atoms with Crippen molar-refractivity contribution in [1.29, 1.82) is 0 Å². The van der Waals surface area contributed by atoms with Gasteiger partial charge in [-0.2, -0.15) is 8.42 Å². The van der Waals surface area contributed by atoms with Crippen molar-refractivity contribution in [3.63, 3.8) is 0 Å². The molecule has 2 aromatic carbocycles. The molecule has 0 aromatic heterocycles. The van der Waals surface area contributed by atoms with E-state index in [4.69, 9.17) is 0 Å². The molecule has 0 aliphatic rings. The fraction of sp³-hybridized carbons (Fsp3) is 0. The van der Waals surface area contributed by atoms with Crippen molar-refractivity contribution in [2.75, 3.05) is 0 Å². The van der Waals surface area contributed by atoms with Gasteiger partial charge < -0.3 is 4.18 Å². The van der Waals surface area contributed by atoms with Crippen LogP contribution >= 0.6 is 0 Å². The number of rotatable bonds is 3. The highest BCUT2D eigenvalue weighted by atomic mass is 32.2. The standard InChI is InChI=1S/C12H8F2O3S/c13-9-4-3-5-10(8-9)17-18(15,16)12-7-2-1-6-11(12)14/h1-8H. The predicted molar refractivity (Wildman–Crippen MR) is 60.6 cm³/mol. The molecule has 2 aromatic rings. The molecular weight excluding hydrogens is 262 g/mol. The van der Waals surface area contributed by atoms with E-state index in [1.165, 1.54) is 24.3 Å². The summed E-state index contributed by atoms with van der Waals surface area (Å²) in [6.45, 7) is 0. The van der Waals surface area contributed by atoms with Gasteiger partial charge in [-0.15, -0.1) is 0 Å². The summed E-state index contributed by atoms with van der Waals surface area (Å²) in [4.78, 5) is -0.589. The van der Waals surface area contributed by atoms with Crippen LogP contribution in [-0.2, 0) is 10.1 Å². The van der Waals surface area contributed by atoms with E-state index in [1.807, 2.05) is 0 Å². The van der Waals surface area contributed by atoms with Crippen LogP contribution < -0.4 is 4.18 Å². The maximum absolute atomic E-state index is 13.3. The molecule has 3 nitrogen and oxygen atoms in total. The Morgan fingerprint density at radius 3 is 2.33 bits per heavy atom. The third-order valence-electron chi connectivity index (χ3n) is 2.11. The van der Waals surface area contributed by atoms with Crippen LogP contribution in [0.5, 0.6) is 5.75 Å². The van der Waals surface area contributed by atoms with Crippen molar-refractivity contribution in [3.8, 4) is 5.75 Å². The molecule has 0 bridgehead atoms. The van der Waals surface area contributed by atoms with Crippen LogP contribution in [0.15, 0.2) is 53.4 Å². The first-order valence-electron chi connectivity index (χ1n) is 4.93. The second kappa shape index (κ2) is 4.73. The Bertz CT molecular complexity index is 669. The van der Waals surface area contributed by atoms with E-state index in [9.17, 15) is 17.2 Å². The molecule has 0 saturated carbocycles. The molecule has 6 heteroatoms. The minimum Gasteiger partial charge on any atom is -0.379 e. The van der Waals surface area contributed by atoms with Gasteiger partial charge in [-0.05, 0) is 24.3 Å². The van der Waals surface area contributed by atoms with Crippen molar-refractivity contribution < 1.29 is 21.4 Å². The van der Waals surface area contributed by atoms with Gasteiger partial charge in [-0.3, -0.25) is 0 Å². The number of benzene rings is 2. The van der Waals surface area contributed by atoms with Crippen LogP contribution in [-0.4, -0.2) is 8.42 Å². The number of halogens is 2. The van der Waals surface area contributed by atoms with E-state index in [0.29, 0.717) is 0 Å². The Morgan fingerprint density at radius 2 is 1.67 bits per heavy atom. The summed E-state index contributed by atoms with van der Waals surface area (Å²) in [5, 5.41) is 0.